The van der Waals surface area contributed by atoms with Gasteiger partial charge in [-0.2, -0.15) is 5.10 Å². The Balaban J connectivity index is 0.00000220. The summed E-state index contributed by atoms with van der Waals surface area (Å²) in [7, 11) is 0. The van der Waals surface area contributed by atoms with E-state index in [1.165, 1.54) is 30.7 Å². The van der Waals surface area contributed by atoms with Crippen LogP contribution in [0.2, 0.25) is 10.0 Å². The van der Waals surface area contributed by atoms with Gasteiger partial charge in [0, 0.05) is 28.5 Å². The Hall–Kier alpha value is -1.60. The topological polar surface area (TPSA) is 74.6 Å². The number of carbonyl (C=O) groups is 1. The number of amides is 1. The number of nitrogens with one attached hydrogen (secondary N) is 1. The summed E-state index contributed by atoms with van der Waals surface area (Å²) in [4.78, 5) is 15.5. The molecule has 2 N–H and O–H groups in total. The minimum Gasteiger partial charge on any atom is -0.506 e. The zero-order chi connectivity index (χ0) is 14.5. The molecule has 0 bridgehead atoms. The van der Waals surface area contributed by atoms with Gasteiger partial charge in [-0.05, 0) is 24.3 Å². The molecule has 21 heavy (non-hydrogen) atoms. The zero-order valence-electron chi connectivity index (χ0n) is 10.4. The third-order valence-corrected chi connectivity index (χ3v) is 2.88. The number of phenolic OH excluding ortho intramolecular Hbond substituents is 1. The SMILES string of the molecule is O=C(N/N=C/c1cc(Cl)cc(Cl)c1O)c1ccncc1.[Co+2]. The maximum Gasteiger partial charge on any atom is 2.00 e. The smallest absolute Gasteiger partial charge is 0.506 e. The average Bonchev–Trinajstić information content (AvgIpc) is 2.44. The van der Waals surface area contributed by atoms with Crippen LogP contribution in [0.4, 0.5) is 0 Å². The number of benzene rings is 1. The molecule has 0 unspecified atom stereocenters. The molecular weight excluding hydrogens is 360 g/mol. The summed E-state index contributed by atoms with van der Waals surface area (Å²) < 4.78 is 0. The van der Waals surface area contributed by atoms with E-state index in [9.17, 15) is 9.90 Å². The van der Waals surface area contributed by atoms with Crippen molar-refractivity contribution in [2.45, 2.75) is 0 Å². The molecule has 0 saturated heterocycles. The zero-order valence-corrected chi connectivity index (χ0v) is 12.9. The summed E-state index contributed by atoms with van der Waals surface area (Å²) in [6.07, 6.45) is 4.26. The van der Waals surface area contributed by atoms with E-state index in [1.54, 1.807) is 12.1 Å². The monoisotopic (exact) mass is 368 g/mol. The molecule has 0 aliphatic rings. The summed E-state index contributed by atoms with van der Waals surface area (Å²) in [6.45, 7) is 0. The number of halogens is 2. The number of hydrazone groups is 1. The molecule has 109 valence electrons. The fourth-order valence-electron chi connectivity index (χ4n) is 1.41. The molecule has 0 saturated carbocycles. The van der Waals surface area contributed by atoms with Crippen molar-refractivity contribution < 1.29 is 26.7 Å². The summed E-state index contributed by atoms with van der Waals surface area (Å²) >= 11 is 11.6. The van der Waals surface area contributed by atoms with Crippen molar-refractivity contribution in [3.8, 4) is 5.75 Å². The minimum absolute atomic E-state index is 0. The van der Waals surface area contributed by atoms with Crippen LogP contribution in [0.15, 0.2) is 41.8 Å². The van der Waals surface area contributed by atoms with Gasteiger partial charge in [-0.15, -0.1) is 0 Å². The number of aromatic hydroxyl groups is 1. The second-order valence-corrected chi connectivity index (χ2v) is 4.60. The molecule has 2 aromatic rings. The van der Waals surface area contributed by atoms with Crippen molar-refractivity contribution >= 4 is 35.3 Å². The molecule has 0 aliphatic carbocycles. The summed E-state index contributed by atoms with van der Waals surface area (Å²) in [5.74, 6) is -0.547. The van der Waals surface area contributed by atoms with E-state index in [0.717, 1.165) is 0 Å². The van der Waals surface area contributed by atoms with Crippen LogP contribution >= 0.6 is 23.2 Å². The van der Waals surface area contributed by atoms with E-state index in [1.807, 2.05) is 0 Å². The predicted octanol–water partition coefficient (Wildman–Crippen LogP) is 2.86. The van der Waals surface area contributed by atoms with Gasteiger partial charge in [0.25, 0.3) is 5.91 Å². The number of hydrogen-bond acceptors (Lipinski definition) is 4. The van der Waals surface area contributed by atoms with E-state index in [0.29, 0.717) is 16.1 Å². The fraction of sp³-hybridized carbons (Fsp3) is 0. The first-order chi connectivity index (χ1) is 9.58. The number of carbonyl (C=O) groups excluding carboxylic acids is 1. The van der Waals surface area contributed by atoms with E-state index < -0.39 is 5.91 Å². The molecule has 5 nitrogen and oxygen atoms in total. The largest absolute Gasteiger partial charge is 2.00 e. The van der Waals surface area contributed by atoms with Gasteiger partial charge in [-0.3, -0.25) is 9.78 Å². The maximum atomic E-state index is 11.7. The fourth-order valence-corrected chi connectivity index (χ4v) is 1.92. The second-order valence-electron chi connectivity index (χ2n) is 3.76. The number of hydrogen-bond donors (Lipinski definition) is 2. The van der Waals surface area contributed by atoms with E-state index in [2.05, 4.69) is 15.5 Å². The van der Waals surface area contributed by atoms with Gasteiger partial charge >= 0.3 is 16.8 Å². The van der Waals surface area contributed by atoms with Gasteiger partial charge < -0.3 is 5.11 Å². The van der Waals surface area contributed by atoms with E-state index in [-0.39, 0.29) is 27.6 Å². The molecule has 0 fully saturated rings. The van der Waals surface area contributed by atoms with Gasteiger partial charge in [0.2, 0.25) is 0 Å². The van der Waals surface area contributed by atoms with Crippen LogP contribution in [-0.4, -0.2) is 22.2 Å². The number of nitrogens with zero attached hydrogens (tertiary/aromatic N) is 2. The number of phenols is 1. The van der Waals surface area contributed by atoms with Crippen molar-refractivity contribution in [2.75, 3.05) is 0 Å². The minimum atomic E-state index is -0.392. The first-order valence-corrected chi connectivity index (χ1v) is 6.25. The normalized spacial score (nSPS) is 10.2. The molecule has 0 spiro atoms. The first kappa shape index (κ1) is 17.4. The van der Waals surface area contributed by atoms with Crippen LogP contribution in [0.5, 0.6) is 5.75 Å². The Morgan fingerprint density at radius 1 is 1.29 bits per heavy atom. The molecule has 1 aromatic carbocycles. The summed E-state index contributed by atoms with van der Waals surface area (Å²) in [5, 5.41) is 13.9. The van der Waals surface area contributed by atoms with Crippen LogP contribution in [0.3, 0.4) is 0 Å². The average molecular weight is 369 g/mol. The van der Waals surface area contributed by atoms with Crippen molar-refractivity contribution in [1.29, 1.82) is 0 Å². The van der Waals surface area contributed by atoms with Crippen LogP contribution in [-0.2, 0) is 16.8 Å². The molecule has 1 aromatic heterocycles. The van der Waals surface area contributed by atoms with Crippen molar-refractivity contribution in [3.63, 3.8) is 0 Å². The molecule has 1 radical (unpaired) electrons. The van der Waals surface area contributed by atoms with Crippen LogP contribution in [0.25, 0.3) is 0 Å². The van der Waals surface area contributed by atoms with Gasteiger partial charge in [0.1, 0.15) is 5.75 Å². The van der Waals surface area contributed by atoms with Gasteiger partial charge in [-0.1, -0.05) is 23.2 Å². The molecule has 2 rings (SSSR count). The first-order valence-electron chi connectivity index (χ1n) is 5.49. The third-order valence-electron chi connectivity index (χ3n) is 2.37. The molecule has 0 atom stereocenters. The molecule has 1 heterocycles. The standard InChI is InChI=1S/C13H9Cl2N3O2.Co/c14-10-5-9(12(19)11(15)6-10)7-17-18-13(20)8-1-3-16-4-2-8;/h1-7,19H,(H,18,20);/q;+2/b17-7+;. The van der Waals surface area contributed by atoms with E-state index >= 15 is 0 Å². The third kappa shape index (κ3) is 4.71. The number of pyridine rings is 1. The summed E-state index contributed by atoms with van der Waals surface area (Å²) in [6, 6.07) is 5.99. The molecule has 1 amide bonds. The molecule has 0 aliphatic heterocycles. The van der Waals surface area contributed by atoms with Crippen molar-refractivity contribution in [3.05, 3.63) is 57.8 Å². The van der Waals surface area contributed by atoms with Crippen molar-refractivity contribution in [1.82, 2.24) is 10.4 Å². The Morgan fingerprint density at radius 3 is 2.62 bits per heavy atom. The van der Waals surface area contributed by atoms with Gasteiger partial charge in [0.05, 0.1) is 11.2 Å². The maximum absolute atomic E-state index is 11.7. The van der Waals surface area contributed by atoms with Crippen LogP contribution in [0.1, 0.15) is 15.9 Å². The van der Waals surface area contributed by atoms with Crippen LogP contribution in [0, 0.1) is 0 Å². The Morgan fingerprint density at radius 2 is 1.95 bits per heavy atom. The Labute approximate surface area is 141 Å². The second kappa shape index (κ2) is 7.99. The van der Waals surface area contributed by atoms with Crippen LogP contribution < -0.4 is 5.43 Å². The number of aromatic nitrogens is 1. The van der Waals surface area contributed by atoms with E-state index in [4.69, 9.17) is 23.2 Å². The number of rotatable bonds is 3. The Bertz CT molecular complexity index is 666. The van der Waals surface area contributed by atoms with Gasteiger partial charge in [0.15, 0.2) is 0 Å². The Kier molecular flexibility index (Phi) is 6.64. The predicted molar refractivity (Wildman–Crippen MR) is 77.4 cm³/mol. The quantitative estimate of drug-likeness (QED) is 0.646. The molecule has 8 heteroatoms. The molecular formula is C13H9Cl2CoN3O2+2. The summed E-state index contributed by atoms with van der Waals surface area (Å²) in [5.41, 5.74) is 3.04. The van der Waals surface area contributed by atoms with Crippen molar-refractivity contribution in [2.24, 2.45) is 5.10 Å². The van der Waals surface area contributed by atoms with Gasteiger partial charge in [-0.25, -0.2) is 5.43 Å².